The minimum absolute atomic E-state index is 0.102. The fourth-order valence-corrected chi connectivity index (χ4v) is 2.70. The molecule has 0 heterocycles. The van der Waals surface area contributed by atoms with Gasteiger partial charge in [0.15, 0.2) is 0 Å². The van der Waals surface area contributed by atoms with Crippen LogP contribution in [0.4, 0.5) is 5.69 Å². The summed E-state index contributed by atoms with van der Waals surface area (Å²) in [6.45, 7) is 2.73. The summed E-state index contributed by atoms with van der Waals surface area (Å²) in [4.78, 5) is 22.3. The topological polar surface area (TPSA) is 72.2 Å². The van der Waals surface area contributed by atoms with E-state index in [0.29, 0.717) is 6.54 Å². The number of hydrogen-bond acceptors (Lipinski definition) is 3. The molecule has 0 radical (unpaired) electrons. The van der Waals surface area contributed by atoms with E-state index in [1.807, 2.05) is 0 Å². The van der Waals surface area contributed by atoms with Crippen molar-refractivity contribution in [1.29, 1.82) is 0 Å². The summed E-state index contributed by atoms with van der Waals surface area (Å²) >= 11 is 5.92. The van der Waals surface area contributed by atoms with Gasteiger partial charge in [0, 0.05) is 12.6 Å². The molecule has 0 aromatic heterocycles. The van der Waals surface area contributed by atoms with Gasteiger partial charge in [-0.25, -0.2) is 0 Å². The summed E-state index contributed by atoms with van der Waals surface area (Å²) in [5.41, 5.74) is 0.152. The van der Waals surface area contributed by atoms with E-state index in [4.69, 9.17) is 11.6 Å². The van der Waals surface area contributed by atoms with Crippen molar-refractivity contribution in [2.45, 2.75) is 32.6 Å². The first kappa shape index (κ1) is 14.8. The van der Waals surface area contributed by atoms with E-state index in [9.17, 15) is 14.9 Å². The van der Waals surface area contributed by atoms with Crippen LogP contribution in [0.25, 0.3) is 0 Å². The molecule has 1 amide bonds. The molecule has 1 aliphatic rings. The van der Waals surface area contributed by atoms with E-state index < -0.39 is 4.92 Å². The predicted molar refractivity (Wildman–Crippen MR) is 77.0 cm³/mol. The van der Waals surface area contributed by atoms with E-state index in [1.54, 1.807) is 0 Å². The first-order valence-corrected chi connectivity index (χ1v) is 7.08. The molecule has 1 fully saturated rings. The van der Waals surface area contributed by atoms with Crippen molar-refractivity contribution in [2.75, 3.05) is 6.54 Å². The minimum atomic E-state index is -0.585. The highest BCUT2D eigenvalue weighted by Gasteiger charge is 2.41. The lowest BCUT2D eigenvalue weighted by Gasteiger charge is -2.15. The van der Waals surface area contributed by atoms with Crippen LogP contribution in [0.1, 0.15) is 43.0 Å². The lowest BCUT2D eigenvalue weighted by atomic mass is 10.0. The standard InChI is InChI=1S/C14H17ClN2O3/c1-2-6-14(7-8-14)9-16-13(18)10-4-3-5-11(12(10)15)17(19)20/h3-5H,2,6-9H2,1H3,(H,16,18). The van der Waals surface area contributed by atoms with E-state index in [2.05, 4.69) is 12.2 Å². The molecule has 0 saturated heterocycles. The van der Waals surface area contributed by atoms with Crippen molar-refractivity contribution in [3.05, 3.63) is 38.9 Å². The summed E-state index contributed by atoms with van der Waals surface area (Å²) in [6.07, 6.45) is 4.44. The summed E-state index contributed by atoms with van der Waals surface area (Å²) in [5, 5.41) is 13.5. The second-order valence-electron chi connectivity index (χ2n) is 5.33. The highest BCUT2D eigenvalue weighted by molar-refractivity contribution is 6.35. The molecule has 1 saturated carbocycles. The maximum absolute atomic E-state index is 12.1. The Hall–Kier alpha value is -1.62. The van der Waals surface area contributed by atoms with E-state index >= 15 is 0 Å². The average Bonchev–Trinajstić information content (AvgIpc) is 3.17. The van der Waals surface area contributed by atoms with Crippen LogP contribution < -0.4 is 5.32 Å². The van der Waals surface area contributed by atoms with Gasteiger partial charge in [-0.1, -0.05) is 31.0 Å². The maximum atomic E-state index is 12.1. The highest BCUT2D eigenvalue weighted by Crippen LogP contribution is 2.49. The third-order valence-corrected chi connectivity index (χ3v) is 4.18. The van der Waals surface area contributed by atoms with Crippen molar-refractivity contribution in [3.8, 4) is 0 Å². The first-order valence-electron chi connectivity index (χ1n) is 6.70. The number of carbonyl (C=O) groups is 1. The van der Waals surface area contributed by atoms with Gasteiger partial charge in [-0.2, -0.15) is 0 Å². The third-order valence-electron chi connectivity index (χ3n) is 3.78. The Morgan fingerprint density at radius 2 is 2.20 bits per heavy atom. The van der Waals surface area contributed by atoms with Crippen molar-refractivity contribution in [3.63, 3.8) is 0 Å². The Morgan fingerprint density at radius 1 is 1.50 bits per heavy atom. The number of hydrogen-bond donors (Lipinski definition) is 1. The fraction of sp³-hybridized carbons (Fsp3) is 0.500. The molecule has 1 N–H and O–H groups in total. The zero-order valence-electron chi connectivity index (χ0n) is 11.3. The van der Waals surface area contributed by atoms with Crippen LogP contribution in [-0.4, -0.2) is 17.4 Å². The maximum Gasteiger partial charge on any atom is 0.288 e. The molecular weight excluding hydrogens is 280 g/mol. The molecular formula is C14H17ClN2O3. The van der Waals surface area contributed by atoms with Gasteiger partial charge in [-0.05, 0) is 30.7 Å². The summed E-state index contributed by atoms with van der Waals surface area (Å²) in [5.74, 6) is -0.346. The molecule has 0 aliphatic heterocycles. The van der Waals surface area contributed by atoms with Gasteiger partial charge in [-0.3, -0.25) is 14.9 Å². The Balaban J connectivity index is 2.06. The van der Waals surface area contributed by atoms with Gasteiger partial charge in [0.05, 0.1) is 10.5 Å². The van der Waals surface area contributed by atoms with Crippen LogP contribution in [0.15, 0.2) is 18.2 Å². The minimum Gasteiger partial charge on any atom is -0.351 e. The van der Waals surface area contributed by atoms with Crippen molar-refractivity contribution >= 4 is 23.2 Å². The van der Waals surface area contributed by atoms with Gasteiger partial charge < -0.3 is 5.32 Å². The summed E-state index contributed by atoms with van der Waals surface area (Å²) < 4.78 is 0. The highest BCUT2D eigenvalue weighted by atomic mass is 35.5. The second kappa shape index (κ2) is 5.79. The normalized spacial score (nSPS) is 15.7. The summed E-state index contributed by atoms with van der Waals surface area (Å²) in [7, 11) is 0. The van der Waals surface area contributed by atoms with Crippen molar-refractivity contribution in [1.82, 2.24) is 5.32 Å². The number of carbonyl (C=O) groups excluding carboxylic acids is 1. The lowest BCUT2D eigenvalue weighted by molar-refractivity contribution is -0.384. The number of benzene rings is 1. The quantitative estimate of drug-likeness (QED) is 0.644. The number of nitro groups is 1. The van der Waals surface area contributed by atoms with E-state index in [0.717, 1.165) is 25.7 Å². The van der Waals surface area contributed by atoms with Crippen molar-refractivity contribution < 1.29 is 9.72 Å². The van der Waals surface area contributed by atoms with Gasteiger partial charge in [-0.15, -0.1) is 0 Å². The van der Waals surface area contributed by atoms with Crippen LogP contribution in [-0.2, 0) is 0 Å². The molecule has 6 heteroatoms. The van der Waals surface area contributed by atoms with E-state index in [1.165, 1.54) is 18.2 Å². The molecule has 20 heavy (non-hydrogen) atoms. The SMILES string of the molecule is CCCC1(CNC(=O)c2cccc([N+](=O)[O-])c2Cl)CC1. The molecule has 0 bridgehead atoms. The number of halogens is 1. The molecule has 108 valence electrons. The molecule has 1 aromatic carbocycles. The average molecular weight is 297 g/mol. The van der Waals surface area contributed by atoms with Crippen molar-refractivity contribution in [2.24, 2.45) is 5.41 Å². The molecule has 1 aliphatic carbocycles. The second-order valence-corrected chi connectivity index (χ2v) is 5.71. The molecule has 2 rings (SSSR count). The van der Waals surface area contributed by atoms with Crippen LogP contribution in [0, 0.1) is 15.5 Å². The van der Waals surface area contributed by atoms with Crippen LogP contribution in [0.5, 0.6) is 0 Å². The van der Waals surface area contributed by atoms with Gasteiger partial charge in [0.25, 0.3) is 11.6 Å². The molecule has 0 spiro atoms. The fourth-order valence-electron chi connectivity index (χ4n) is 2.42. The van der Waals surface area contributed by atoms with E-state index in [-0.39, 0.29) is 27.6 Å². The smallest absolute Gasteiger partial charge is 0.288 e. The first-order chi connectivity index (χ1) is 9.49. The zero-order chi connectivity index (χ0) is 14.8. The Bertz CT molecular complexity index is 541. The van der Waals surface area contributed by atoms with Gasteiger partial charge >= 0.3 is 0 Å². The Labute approximate surface area is 122 Å². The molecule has 0 atom stereocenters. The number of nitrogens with zero attached hydrogens (tertiary/aromatic N) is 1. The molecule has 0 unspecified atom stereocenters. The largest absolute Gasteiger partial charge is 0.351 e. The van der Waals surface area contributed by atoms with Gasteiger partial charge in [0.2, 0.25) is 0 Å². The van der Waals surface area contributed by atoms with Crippen LogP contribution in [0.2, 0.25) is 5.02 Å². The van der Waals surface area contributed by atoms with Crippen LogP contribution >= 0.6 is 11.6 Å². The predicted octanol–water partition coefficient (Wildman–Crippen LogP) is 3.56. The van der Waals surface area contributed by atoms with Crippen LogP contribution in [0.3, 0.4) is 0 Å². The third kappa shape index (κ3) is 3.10. The number of nitro benzene ring substituents is 1. The Morgan fingerprint density at radius 3 is 2.75 bits per heavy atom. The number of rotatable bonds is 6. The Kier molecular flexibility index (Phi) is 4.28. The number of amides is 1. The monoisotopic (exact) mass is 296 g/mol. The number of nitrogens with one attached hydrogen (secondary N) is 1. The lowest BCUT2D eigenvalue weighted by Crippen LogP contribution is -2.30. The molecule has 5 nitrogen and oxygen atoms in total. The molecule has 1 aromatic rings. The summed E-state index contributed by atoms with van der Waals surface area (Å²) in [6, 6.07) is 4.26. The van der Waals surface area contributed by atoms with Gasteiger partial charge in [0.1, 0.15) is 5.02 Å². The zero-order valence-corrected chi connectivity index (χ0v) is 12.1.